The average Bonchev–Trinajstić information content (AvgIpc) is 2.89. The van der Waals surface area contributed by atoms with Crippen molar-refractivity contribution in [1.82, 2.24) is 25.8 Å². The minimum atomic E-state index is -0.263. The molecule has 1 atom stereocenters. The monoisotopic (exact) mass is 463 g/mol. The lowest BCUT2D eigenvalue weighted by Gasteiger charge is -2.29. The van der Waals surface area contributed by atoms with Gasteiger partial charge in [0.15, 0.2) is 0 Å². The number of rotatable bonds is 11. The molecule has 1 aromatic carbocycles. The standard InChI is InChI=1S/C28H41N5O/c1-22(31-20-27-10-5-6-14-30-27)28(34)32-19-23-11-12-25-21-33(17-13-24(25)18-23)16-7-15-29-26-8-3-2-4-9-26/h5-6,10-12,14,18,22,26,29,31H,2-4,7-9,13,15-17,19-21H2,1H3,(H,32,34)/t22-/m0/s1. The highest BCUT2D eigenvalue weighted by atomic mass is 16.2. The SMILES string of the molecule is C[C@H](NCc1ccccn1)C(=O)NCc1ccc2c(c1)CCN(CCCNC1CCCCC1)C2. The first-order chi connectivity index (χ1) is 16.7. The highest BCUT2D eigenvalue weighted by Gasteiger charge is 2.18. The second kappa shape index (κ2) is 13.0. The Morgan fingerprint density at radius 3 is 2.82 bits per heavy atom. The molecule has 3 N–H and O–H groups in total. The zero-order chi connectivity index (χ0) is 23.6. The lowest BCUT2D eigenvalue weighted by atomic mass is 9.95. The summed E-state index contributed by atoms with van der Waals surface area (Å²) in [6.45, 7) is 7.52. The van der Waals surface area contributed by atoms with Gasteiger partial charge < -0.3 is 16.0 Å². The number of amides is 1. The van der Waals surface area contributed by atoms with Gasteiger partial charge in [0.05, 0.1) is 11.7 Å². The number of fused-ring (bicyclic) bond motifs is 1. The Morgan fingerprint density at radius 1 is 1.12 bits per heavy atom. The average molecular weight is 464 g/mol. The minimum absolute atomic E-state index is 0.0154. The predicted molar refractivity (Wildman–Crippen MR) is 137 cm³/mol. The van der Waals surface area contributed by atoms with E-state index in [0.717, 1.165) is 37.8 Å². The first-order valence-corrected chi connectivity index (χ1v) is 13.1. The largest absolute Gasteiger partial charge is 0.351 e. The van der Waals surface area contributed by atoms with Crippen molar-refractivity contribution in [3.63, 3.8) is 0 Å². The van der Waals surface area contributed by atoms with Crippen LogP contribution < -0.4 is 16.0 Å². The van der Waals surface area contributed by atoms with Gasteiger partial charge in [-0.2, -0.15) is 0 Å². The topological polar surface area (TPSA) is 69.3 Å². The molecule has 2 aliphatic rings. The molecule has 1 fully saturated rings. The van der Waals surface area contributed by atoms with E-state index in [1.54, 1.807) is 6.20 Å². The predicted octanol–water partition coefficient (Wildman–Crippen LogP) is 3.55. The van der Waals surface area contributed by atoms with Crippen molar-refractivity contribution in [3.05, 3.63) is 65.0 Å². The number of hydrogen-bond acceptors (Lipinski definition) is 5. The third kappa shape index (κ3) is 7.62. The zero-order valence-electron chi connectivity index (χ0n) is 20.7. The van der Waals surface area contributed by atoms with Crippen LogP contribution in [0.1, 0.15) is 67.8 Å². The maximum atomic E-state index is 12.5. The van der Waals surface area contributed by atoms with Crippen LogP contribution in [-0.4, -0.2) is 47.5 Å². The summed E-state index contributed by atoms with van der Waals surface area (Å²) in [5.74, 6) is 0.0154. The maximum Gasteiger partial charge on any atom is 0.237 e. The lowest BCUT2D eigenvalue weighted by Crippen LogP contribution is -2.41. The van der Waals surface area contributed by atoms with Gasteiger partial charge in [0.2, 0.25) is 5.91 Å². The summed E-state index contributed by atoms with van der Waals surface area (Å²) in [5.41, 5.74) is 4.98. The highest BCUT2D eigenvalue weighted by molar-refractivity contribution is 5.81. The van der Waals surface area contributed by atoms with E-state index in [2.05, 4.69) is 44.0 Å². The number of pyridine rings is 1. The van der Waals surface area contributed by atoms with Gasteiger partial charge in [0.25, 0.3) is 0 Å². The number of hydrogen-bond donors (Lipinski definition) is 3. The molecule has 1 aliphatic heterocycles. The summed E-state index contributed by atoms with van der Waals surface area (Å²) >= 11 is 0. The molecule has 0 spiro atoms. The van der Waals surface area contributed by atoms with Gasteiger partial charge in [0.1, 0.15) is 0 Å². The fourth-order valence-electron chi connectivity index (χ4n) is 5.08. The summed E-state index contributed by atoms with van der Waals surface area (Å²) in [6, 6.07) is 13.0. The van der Waals surface area contributed by atoms with E-state index in [1.165, 1.54) is 61.8 Å². The molecule has 2 aromatic rings. The summed E-state index contributed by atoms with van der Waals surface area (Å²) in [6.07, 6.45) is 11.0. The van der Waals surface area contributed by atoms with Crippen LogP contribution in [0, 0.1) is 0 Å². The minimum Gasteiger partial charge on any atom is -0.351 e. The number of benzene rings is 1. The number of aromatic nitrogens is 1. The molecule has 184 valence electrons. The molecular weight excluding hydrogens is 422 g/mol. The molecule has 6 heteroatoms. The van der Waals surface area contributed by atoms with E-state index in [0.29, 0.717) is 13.1 Å². The summed E-state index contributed by atoms with van der Waals surface area (Å²) in [4.78, 5) is 19.4. The van der Waals surface area contributed by atoms with Crippen molar-refractivity contribution < 1.29 is 4.79 Å². The van der Waals surface area contributed by atoms with Crippen LogP contribution >= 0.6 is 0 Å². The smallest absolute Gasteiger partial charge is 0.237 e. The first kappa shape index (κ1) is 24.8. The quantitative estimate of drug-likeness (QED) is 0.445. The molecule has 1 aromatic heterocycles. The normalized spacial score (nSPS) is 17.8. The summed E-state index contributed by atoms with van der Waals surface area (Å²) in [5, 5.41) is 10.1. The maximum absolute atomic E-state index is 12.5. The lowest BCUT2D eigenvalue weighted by molar-refractivity contribution is -0.122. The summed E-state index contributed by atoms with van der Waals surface area (Å²) < 4.78 is 0. The van der Waals surface area contributed by atoms with E-state index in [-0.39, 0.29) is 11.9 Å². The van der Waals surface area contributed by atoms with Gasteiger partial charge in [-0.15, -0.1) is 0 Å². The van der Waals surface area contributed by atoms with Crippen molar-refractivity contribution >= 4 is 5.91 Å². The Hall–Kier alpha value is -2.28. The molecule has 2 heterocycles. The van der Waals surface area contributed by atoms with Gasteiger partial charge >= 0.3 is 0 Å². The van der Waals surface area contributed by atoms with Crippen LogP contribution in [0.3, 0.4) is 0 Å². The molecule has 1 amide bonds. The molecule has 0 unspecified atom stereocenters. The Morgan fingerprint density at radius 2 is 2.00 bits per heavy atom. The molecular formula is C28H41N5O. The highest BCUT2D eigenvalue weighted by Crippen LogP contribution is 2.21. The fourth-order valence-corrected chi connectivity index (χ4v) is 5.08. The van der Waals surface area contributed by atoms with Crippen molar-refractivity contribution in [2.45, 2.75) is 83.6 Å². The van der Waals surface area contributed by atoms with Gasteiger partial charge in [-0.3, -0.25) is 14.7 Å². The van der Waals surface area contributed by atoms with E-state index in [1.807, 2.05) is 25.1 Å². The van der Waals surface area contributed by atoms with Gasteiger partial charge in [-0.05, 0) is 74.5 Å². The Balaban J connectivity index is 1.15. The van der Waals surface area contributed by atoms with Gasteiger partial charge in [-0.25, -0.2) is 0 Å². The molecule has 1 aliphatic carbocycles. The van der Waals surface area contributed by atoms with E-state index >= 15 is 0 Å². The molecule has 34 heavy (non-hydrogen) atoms. The van der Waals surface area contributed by atoms with Crippen LogP contribution in [0.5, 0.6) is 0 Å². The summed E-state index contributed by atoms with van der Waals surface area (Å²) in [7, 11) is 0. The van der Waals surface area contributed by atoms with Crippen molar-refractivity contribution in [1.29, 1.82) is 0 Å². The van der Waals surface area contributed by atoms with E-state index < -0.39 is 0 Å². The molecule has 1 saturated carbocycles. The number of nitrogens with one attached hydrogen (secondary N) is 3. The molecule has 0 bridgehead atoms. The third-order valence-corrected chi connectivity index (χ3v) is 7.23. The molecule has 6 nitrogen and oxygen atoms in total. The third-order valence-electron chi connectivity index (χ3n) is 7.23. The van der Waals surface area contributed by atoms with Crippen LogP contribution in [0.4, 0.5) is 0 Å². The van der Waals surface area contributed by atoms with Crippen molar-refractivity contribution in [2.24, 2.45) is 0 Å². The van der Waals surface area contributed by atoms with Crippen LogP contribution in [0.25, 0.3) is 0 Å². The molecule has 0 radical (unpaired) electrons. The van der Waals surface area contributed by atoms with Gasteiger partial charge in [0, 0.05) is 38.4 Å². The second-order valence-corrected chi connectivity index (χ2v) is 9.91. The van der Waals surface area contributed by atoms with Crippen LogP contribution in [0.2, 0.25) is 0 Å². The van der Waals surface area contributed by atoms with Crippen molar-refractivity contribution in [2.75, 3.05) is 19.6 Å². The fraction of sp³-hybridized carbons (Fsp3) is 0.571. The molecule has 0 saturated heterocycles. The van der Waals surface area contributed by atoms with Crippen molar-refractivity contribution in [3.8, 4) is 0 Å². The number of carbonyl (C=O) groups is 1. The Bertz CT molecular complexity index is 897. The second-order valence-electron chi connectivity index (χ2n) is 9.91. The van der Waals surface area contributed by atoms with E-state index in [4.69, 9.17) is 0 Å². The number of carbonyl (C=O) groups excluding carboxylic acids is 1. The van der Waals surface area contributed by atoms with Gasteiger partial charge in [-0.1, -0.05) is 43.5 Å². The molecule has 4 rings (SSSR count). The number of nitrogens with zero attached hydrogens (tertiary/aromatic N) is 2. The van der Waals surface area contributed by atoms with Crippen LogP contribution in [0.15, 0.2) is 42.6 Å². The van der Waals surface area contributed by atoms with Crippen LogP contribution in [-0.2, 0) is 30.8 Å². The zero-order valence-corrected chi connectivity index (χ0v) is 20.7. The first-order valence-electron chi connectivity index (χ1n) is 13.1. The Kier molecular flexibility index (Phi) is 9.48. The Labute approximate surface area is 204 Å². The van der Waals surface area contributed by atoms with E-state index in [9.17, 15) is 4.79 Å².